The molecule has 0 saturated carbocycles. The van der Waals surface area contributed by atoms with E-state index in [-0.39, 0.29) is 0 Å². The molecule has 0 saturated heterocycles. The summed E-state index contributed by atoms with van der Waals surface area (Å²) < 4.78 is 4.67. The number of methoxy groups -OCH3 is 1. The van der Waals surface area contributed by atoms with Gasteiger partial charge in [0.2, 0.25) is 0 Å². The number of hydrogen-bond donors (Lipinski definition) is 2. The first kappa shape index (κ1) is 14.9. The Morgan fingerprint density at radius 3 is 2.33 bits per heavy atom. The van der Waals surface area contributed by atoms with Gasteiger partial charge in [0.05, 0.1) is 24.0 Å². The molecule has 2 aromatic carbocycles. The summed E-state index contributed by atoms with van der Waals surface area (Å²) in [7, 11) is 1.35. The van der Waals surface area contributed by atoms with Gasteiger partial charge in [-0.15, -0.1) is 0 Å². The highest BCUT2D eigenvalue weighted by Gasteiger charge is 2.08. The molecule has 0 atom stereocenters. The molecule has 0 aliphatic rings. The van der Waals surface area contributed by atoms with Gasteiger partial charge < -0.3 is 15.8 Å². The zero-order chi connectivity index (χ0) is 15.4. The first-order valence-electron chi connectivity index (χ1n) is 6.86. The molecule has 0 aromatic heterocycles. The van der Waals surface area contributed by atoms with E-state index >= 15 is 0 Å². The predicted octanol–water partition coefficient (Wildman–Crippen LogP) is 3.92. The van der Waals surface area contributed by atoms with Crippen LogP contribution in [0.1, 0.15) is 35.7 Å². The number of nitrogen functional groups attached to an aromatic ring is 1. The fourth-order valence-electron chi connectivity index (χ4n) is 2.03. The van der Waals surface area contributed by atoms with Crippen LogP contribution in [-0.4, -0.2) is 13.1 Å². The Morgan fingerprint density at radius 2 is 1.81 bits per heavy atom. The molecule has 0 bridgehead atoms. The second-order valence-corrected chi connectivity index (χ2v) is 5.20. The van der Waals surface area contributed by atoms with E-state index < -0.39 is 5.97 Å². The zero-order valence-corrected chi connectivity index (χ0v) is 12.5. The lowest BCUT2D eigenvalue weighted by Crippen LogP contribution is -2.04. The van der Waals surface area contributed by atoms with Crippen molar-refractivity contribution in [3.05, 3.63) is 53.6 Å². The standard InChI is InChI=1S/C17H20N2O2/c1-11(2)12-4-7-14(8-5-12)19-16-9-6-13(10-15(16)18)17(20)21-3/h4-11,19H,18H2,1-3H3. The van der Waals surface area contributed by atoms with Crippen molar-refractivity contribution in [2.24, 2.45) is 0 Å². The van der Waals surface area contributed by atoms with E-state index in [0.717, 1.165) is 11.4 Å². The van der Waals surface area contributed by atoms with E-state index in [0.29, 0.717) is 17.2 Å². The van der Waals surface area contributed by atoms with Crippen LogP contribution in [0.5, 0.6) is 0 Å². The maximum absolute atomic E-state index is 11.4. The molecule has 0 aliphatic heterocycles. The van der Waals surface area contributed by atoms with Crippen LogP contribution in [0.15, 0.2) is 42.5 Å². The molecule has 2 aromatic rings. The van der Waals surface area contributed by atoms with Crippen molar-refractivity contribution in [3.63, 3.8) is 0 Å². The zero-order valence-electron chi connectivity index (χ0n) is 12.5. The molecule has 4 heteroatoms. The fourth-order valence-corrected chi connectivity index (χ4v) is 2.03. The minimum atomic E-state index is -0.394. The molecular formula is C17H20N2O2. The lowest BCUT2D eigenvalue weighted by Gasteiger charge is -2.12. The third kappa shape index (κ3) is 3.54. The summed E-state index contributed by atoms with van der Waals surface area (Å²) in [4.78, 5) is 11.4. The van der Waals surface area contributed by atoms with E-state index in [2.05, 4.69) is 36.0 Å². The normalized spacial score (nSPS) is 10.5. The number of ether oxygens (including phenoxy) is 1. The molecule has 0 radical (unpaired) electrons. The predicted molar refractivity (Wildman–Crippen MR) is 86.0 cm³/mol. The molecule has 0 amide bonds. The van der Waals surface area contributed by atoms with Crippen molar-refractivity contribution in [3.8, 4) is 0 Å². The van der Waals surface area contributed by atoms with Crippen molar-refractivity contribution < 1.29 is 9.53 Å². The number of carbonyl (C=O) groups excluding carboxylic acids is 1. The van der Waals surface area contributed by atoms with Gasteiger partial charge in [0.15, 0.2) is 0 Å². The third-order valence-electron chi connectivity index (χ3n) is 3.33. The smallest absolute Gasteiger partial charge is 0.337 e. The van der Waals surface area contributed by atoms with Crippen molar-refractivity contribution in [2.45, 2.75) is 19.8 Å². The average Bonchev–Trinajstić information content (AvgIpc) is 2.49. The first-order chi connectivity index (χ1) is 10.0. The number of hydrogen-bond acceptors (Lipinski definition) is 4. The summed E-state index contributed by atoms with van der Waals surface area (Å²) >= 11 is 0. The summed E-state index contributed by atoms with van der Waals surface area (Å²) in [6, 6.07) is 13.3. The van der Waals surface area contributed by atoms with E-state index in [9.17, 15) is 4.79 Å². The SMILES string of the molecule is COC(=O)c1ccc(Nc2ccc(C(C)C)cc2)c(N)c1. The minimum Gasteiger partial charge on any atom is -0.465 e. The van der Waals surface area contributed by atoms with Crippen LogP contribution in [-0.2, 0) is 4.74 Å². The number of esters is 1. The second-order valence-electron chi connectivity index (χ2n) is 5.20. The van der Waals surface area contributed by atoms with Crippen LogP contribution < -0.4 is 11.1 Å². The van der Waals surface area contributed by atoms with Crippen LogP contribution in [0.2, 0.25) is 0 Å². The van der Waals surface area contributed by atoms with Crippen LogP contribution in [0.3, 0.4) is 0 Å². The number of anilines is 3. The monoisotopic (exact) mass is 284 g/mol. The lowest BCUT2D eigenvalue weighted by atomic mass is 10.0. The molecule has 110 valence electrons. The maximum Gasteiger partial charge on any atom is 0.337 e. The molecule has 0 fully saturated rings. The van der Waals surface area contributed by atoms with Crippen molar-refractivity contribution >= 4 is 23.0 Å². The van der Waals surface area contributed by atoms with Gasteiger partial charge in [0.1, 0.15) is 0 Å². The Bertz CT molecular complexity index is 634. The Morgan fingerprint density at radius 1 is 1.14 bits per heavy atom. The lowest BCUT2D eigenvalue weighted by molar-refractivity contribution is 0.0601. The molecule has 2 rings (SSSR count). The van der Waals surface area contributed by atoms with Crippen molar-refractivity contribution in [2.75, 3.05) is 18.2 Å². The summed E-state index contributed by atoms with van der Waals surface area (Å²) in [6.07, 6.45) is 0. The van der Waals surface area contributed by atoms with Gasteiger partial charge in [0, 0.05) is 5.69 Å². The van der Waals surface area contributed by atoms with Gasteiger partial charge in [-0.05, 0) is 41.8 Å². The fraction of sp³-hybridized carbons (Fsp3) is 0.235. The van der Waals surface area contributed by atoms with E-state index in [1.165, 1.54) is 12.7 Å². The Hall–Kier alpha value is -2.49. The highest BCUT2D eigenvalue weighted by molar-refractivity contribution is 5.92. The van der Waals surface area contributed by atoms with Gasteiger partial charge in [-0.2, -0.15) is 0 Å². The molecular weight excluding hydrogens is 264 g/mol. The molecule has 0 spiro atoms. The number of benzene rings is 2. The van der Waals surface area contributed by atoms with Crippen LogP contribution in [0.4, 0.5) is 17.1 Å². The van der Waals surface area contributed by atoms with Crippen molar-refractivity contribution in [1.29, 1.82) is 0 Å². The maximum atomic E-state index is 11.4. The summed E-state index contributed by atoms with van der Waals surface area (Å²) in [5, 5.41) is 3.25. The topological polar surface area (TPSA) is 64.3 Å². The average molecular weight is 284 g/mol. The summed E-state index contributed by atoms with van der Waals surface area (Å²) in [5.74, 6) is 0.109. The van der Waals surface area contributed by atoms with Gasteiger partial charge in [-0.25, -0.2) is 4.79 Å². The van der Waals surface area contributed by atoms with Crippen molar-refractivity contribution in [1.82, 2.24) is 0 Å². The Labute approximate surface area is 124 Å². The molecule has 0 heterocycles. The van der Waals surface area contributed by atoms with E-state index in [1.54, 1.807) is 18.2 Å². The molecule has 0 unspecified atom stereocenters. The molecule has 21 heavy (non-hydrogen) atoms. The minimum absolute atomic E-state index is 0.394. The van der Waals surface area contributed by atoms with Crippen LogP contribution >= 0.6 is 0 Å². The number of nitrogens with one attached hydrogen (secondary N) is 1. The largest absolute Gasteiger partial charge is 0.465 e. The van der Waals surface area contributed by atoms with Gasteiger partial charge >= 0.3 is 5.97 Å². The first-order valence-corrected chi connectivity index (χ1v) is 6.86. The molecule has 4 nitrogen and oxygen atoms in total. The second kappa shape index (κ2) is 6.31. The van der Waals surface area contributed by atoms with Crippen LogP contribution in [0, 0.1) is 0 Å². The Balaban J connectivity index is 2.18. The number of rotatable bonds is 4. The summed E-state index contributed by atoms with van der Waals surface area (Å²) in [6.45, 7) is 4.32. The highest BCUT2D eigenvalue weighted by Crippen LogP contribution is 2.25. The van der Waals surface area contributed by atoms with Crippen LogP contribution in [0.25, 0.3) is 0 Å². The van der Waals surface area contributed by atoms with Gasteiger partial charge in [-0.3, -0.25) is 0 Å². The third-order valence-corrected chi connectivity index (χ3v) is 3.33. The Kier molecular flexibility index (Phi) is 4.48. The van der Waals surface area contributed by atoms with E-state index in [1.807, 2.05) is 12.1 Å². The molecule has 0 aliphatic carbocycles. The van der Waals surface area contributed by atoms with E-state index in [4.69, 9.17) is 5.73 Å². The molecule has 3 N–H and O–H groups in total. The summed E-state index contributed by atoms with van der Waals surface area (Å²) in [5.41, 5.74) is 9.92. The quantitative estimate of drug-likeness (QED) is 0.659. The highest BCUT2D eigenvalue weighted by atomic mass is 16.5. The number of carbonyl (C=O) groups is 1. The number of nitrogens with two attached hydrogens (primary N) is 1. The van der Waals surface area contributed by atoms with Gasteiger partial charge in [0.25, 0.3) is 0 Å². The van der Waals surface area contributed by atoms with Gasteiger partial charge in [-0.1, -0.05) is 26.0 Å².